The number of hydrogen-bond acceptors (Lipinski definition) is 2. The number of amides is 2. The summed E-state index contributed by atoms with van der Waals surface area (Å²) in [5.74, 6) is -0.337. The first-order valence-corrected chi connectivity index (χ1v) is 7.08. The lowest BCUT2D eigenvalue weighted by atomic mass is 10.0. The third-order valence-corrected chi connectivity index (χ3v) is 3.30. The summed E-state index contributed by atoms with van der Waals surface area (Å²) in [6, 6.07) is 4.03. The lowest BCUT2D eigenvalue weighted by molar-refractivity contribution is -0.122. The molecule has 2 amide bonds. The van der Waals surface area contributed by atoms with Gasteiger partial charge in [-0.05, 0) is 30.5 Å². The van der Waals surface area contributed by atoms with Crippen LogP contribution in [0.5, 0.6) is 0 Å². The van der Waals surface area contributed by atoms with E-state index >= 15 is 0 Å². The van der Waals surface area contributed by atoms with Crippen LogP contribution in [0.25, 0.3) is 0 Å². The molecular weight excluding hydrogens is 299 g/mol. The molecule has 0 aromatic heterocycles. The normalized spacial score (nSPS) is 12.1. The maximum absolute atomic E-state index is 12.2. The number of likely N-dealkylation sites (N-methyl/N-ethyl adjacent to an activating group) is 1. The number of rotatable bonds is 5. The predicted molar refractivity (Wildman–Crippen MR) is 81.2 cm³/mol. The maximum Gasteiger partial charge on any atom is 0.253 e. The third kappa shape index (κ3) is 4.69. The third-order valence-electron chi connectivity index (χ3n) is 2.75. The molecule has 6 heteroatoms. The Hall–Kier alpha value is -1.26. The molecule has 0 saturated carbocycles. The number of nitrogens with one attached hydrogen (secondary N) is 2. The minimum Gasteiger partial charge on any atom is -0.357 e. The van der Waals surface area contributed by atoms with E-state index in [9.17, 15) is 9.59 Å². The van der Waals surface area contributed by atoms with Gasteiger partial charge in [0.15, 0.2) is 0 Å². The van der Waals surface area contributed by atoms with E-state index in [1.54, 1.807) is 6.07 Å². The first-order chi connectivity index (χ1) is 9.35. The standard InChI is InChI=1S/C14H18Cl2N2O2/c1-8(2)6-12(14(20)17-3)18-13(19)10-5-4-9(15)7-11(10)16/h4-5,7-8,12H,6H2,1-3H3,(H,17,20)(H,18,19). The Morgan fingerprint density at radius 2 is 1.90 bits per heavy atom. The van der Waals surface area contributed by atoms with Gasteiger partial charge in [0.1, 0.15) is 6.04 Å². The summed E-state index contributed by atoms with van der Waals surface area (Å²) in [6.45, 7) is 3.97. The van der Waals surface area contributed by atoms with Crippen LogP contribution in [0.15, 0.2) is 18.2 Å². The highest BCUT2D eigenvalue weighted by Gasteiger charge is 2.22. The summed E-state index contributed by atoms with van der Waals surface area (Å²) in [6.07, 6.45) is 0.552. The molecule has 0 heterocycles. The Morgan fingerprint density at radius 3 is 2.40 bits per heavy atom. The zero-order chi connectivity index (χ0) is 15.3. The average Bonchev–Trinajstić information content (AvgIpc) is 2.36. The molecule has 0 aliphatic rings. The first kappa shape index (κ1) is 16.8. The van der Waals surface area contributed by atoms with Crippen molar-refractivity contribution in [2.75, 3.05) is 7.05 Å². The predicted octanol–water partition coefficient (Wildman–Crippen LogP) is 2.88. The van der Waals surface area contributed by atoms with Gasteiger partial charge in [-0.25, -0.2) is 0 Å². The highest BCUT2D eigenvalue weighted by atomic mass is 35.5. The van der Waals surface area contributed by atoms with Crippen molar-refractivity contribution in [3.8, 4) is 0 Å². The van der Waals surface area contributed by atoms with Crippen LogP contribution in [0.4, 0.5) is 0 Å². The molecule has 0 radical (unpaired) electrons. The van der Waals surface area contributed by atoms with Crippen LogP contribution >= 0.6 is 23.2 Å². The molecule has 2 N–H and O–H groups in total. The van der Waals surface area contributed by atoms with Gasteiger partial charge in [-0.2, -0.15) is 0 Å². The lowest BCUT2D eigenvalue weighted by Crippen LogP contribution is -2.46. The quantitative estimate of drug-likeness (QED) is 0.877. The molecule has 4 nitrogen and oxygen atoms in total. The van der Waals surface area contributed by atoms with Crippen molar-refractivity contribution in [1.29, 1.82) is 0 Å². The van der Waals surface area contributed by atoms with E-state index in [1.807, 2.05) is 13.8 Å². The molecule has 0 saturated heterocycles. The summed E-state index contributed by atoms with van der Waals surface area (Å²) < 4.78 is 0. The van der Waals surface area contributed by atoms with Gasteiger partial charge < -0.3 is 10.6 Å². The molecule has 0 aliphatic carbocycles. The van der Waals surface area contributed by atoms with Crippen molar-refractivity contribution in [3.63, 3.8) is 0 Å². The summed E-state index contributed by atoms with van der Waals surface area (Å²) in [5, 5.41) is 5.95. The minimum absolute atomic E-state index is 0.225. The SMILES string of the molecule is CNC(=O)C(CC(C)C)NC(=O)c1ccc(Cl)cc1Cl. The van der Waals surface area contributed by atoms with Crippen molar-refractivity contribution in [2.45, 2.75) is 26.3 Å². The number of benzene rings is 1. The number of carbonyl (C=O) groups is 2. The molecule has 1 aromatic rings. The smallest absolute Gasteiger partial charge is 0.253 e. The van der Waals surface area contributed by atoms with Crippen molar-refractivity contribution < 1.29 is 9.59 Å². The topological polar surface area (TPSA) is 58.2 Å². The Balaban J connectivity index is 2.87. The molecule has 1 atom stereocenters. The number of hydrogen-bond donors (Lipinski definition) is 2. The number of carbonyl (C=O) groups excluding carboxylic acids is 2. The monoisotopic (exact) mass is 316 g/mol. The summed E-state index contributed by atoms with van der Waals surface area (Å²) >= 11 is 11.8. The van der Waals surface area contributed by atoms with Gasteiger partial charge in [-0.1, -0.05) is 37.0 Å². The van der Waals surface area contributed by atoms with Gasteiger partial charge in [-0.15, -0.1) is 0 Å². The number of halogens is 2. The second kappa shape index (κ2) is 7.50. The van der Waals surface area contributed by atoms with Gasteiger partial charge in [-0.3, -0.25) is 9.59 Å². The molecular formula is C14H18Cl2N2O2. The Morgan fingerprint density at radius 1 is 1.25 bits per heavy atom. The molecule has 20 heavy (non-hydrogen) atoms. The van der Waals surface area contributed by atoms with Gasteiger partial charge in [0.05, 0.1) is 10.6 Å². The van der Waals surface area contributed by atoms with Crippen LogP contribution in [0.2, 0.25) is 10.0 Å². The second-order valence-corrected chi connectivity index (χ2v) is 5.74. The van der Waals surface area contributed by atoms with E-state index in [0.717, 1.165) is 0 Å². The van der Waals surface area contributed by atoms with Crippen molar-refractivity contribution in [2.24, 2.45) is 5.92 Å². The molecule has 110 valence electrons. The Bertz CT molecular complexity index is 504. The van der Waals surface area contributed by atoms with E-state index in [2.05, 4.69) is 10.6 Å². The highest BCUT2D eigenvalue weighted by molar-refractivity contribution is 6.36. The van der Waals surface area contributed by atoms with E-state index in [-0.39, 0.29) is 22.8 Å². The zero-order valence-corrected chi connectivity index (χ0v) is 13.2. The van der Waals surface area contributed by atoms with Crippen LogP contribution in [0.1, 0.15) is 30.6 Å². The van der Waals surface area contributed by atoms with E-state index in [0.29, 0.717) is 17.0 Å². The highest BCUT2D eigenvalue weighted by Crippen LogP contribution is 2.21. The van der Waals surface area contributed by atoms with Crippen LogP contribution in [-0.4, -0.2) is 24.9 Å². The van der Waals surface area contributed by atoms with Crippen LogP contribution in [-0.2, 0) is 4.79 Å². The summed E-state index contributed by atoms with van der Waals surface area (Å²) in [4.78, 5) is 23.9. The van der Waals surface area contributed by atoms with Crippen molar-refractivity contribution >= 4 is 35.0 Å². The molecule has 1 unspecified atom stereocenters. The zero-order valence-electron chi connectivity index (χ0n) is 11.7. The molecule has 0 spiro atoms. The van der Waals surface area contributed by atoms with E-state index in [1.165, 1.54) is 19.2 Å². The van der Waals surface area contributed by atoms with Gasteiger partial charge in [0.25, 0.3) is 5.91 Å². The van der Waals surface area contributed by atoms with E-state index < -0.39 is 6.04 Å². The molecule has 1 aromatic carbocycles. The fraction of sp³-hybridized carbons (Fsp3) is 0.429. The molecule has 1 rings (SSSR count). The molecule has 0 fully saturated rings. The molecule has 0 aliphatic heterocycles. The fourth-order valence-corrected chi connectivity index (χ4v) is 2.28. The van der Waals surface area contributed by atoms with Crippen LogP contribution in [0.3, 0.4) is 0 Å². The average molecular weight is 317 g/mol. The summed E-state index contributed by atoms with van der Waals surface area (Å²) in [7, 11) is 1.54. The largest absolute Gasteiger partial charge is 0.357 e. The minimum atomic E-state index is -0.584. The van der Waals surface area contributed by atoms with Crippen molar-refractivity contribution in [1.82, 2.24) is 10.6 Å². The van der Waals surface area contributed by atoms with Gasteiger partial charge in [0.2, 0.25) is 5.91 Å². The summed E-state index contributed by atoms with van der Waals surface area (Å²) in [5.41, 5.74) is 0.300. The van der Waals surface area contributed by atoms with Gasteiger partial charge >= 0.3 is 0 Å². The Labute approximate surface area is 128 Å². The maximum atomic E-state index is 12.2. The van der Waals surface area contributed by atoms with Crippen LogP contribution < -0.4 is 10.6 Å². The molecule has 0 bridgehead atoms. The second-order valence-electron chi connectivity index (χ2n) is 4.89. The van der Waals surface area contributed by atoms with Crippen molar-refractivity contribution in [3.05, 3.63) is 33.8 Å². The van der Waals surface area contributed by atoms with E-state index in [4.69, 9.17) is 23.2 Å². The van der Waals surface area contributed by atoms with Crippen LogP contribution in [0, 0.1) is 5.92 Å². The van der Waals surface area contributed by atoms with Gasteiger partial charge in [0, 0.05) is 12.1 Å². The fourth-order valence-electron chi connectivity index (χ4n) is 1.79. The Kier molecular flexibility index (Phi) is 6.30. The first-order valence-electron chi connectivity index (χ1n) is 6.32. The lowest BCUT2D eigenvalue weighted by Gasteiger charge is -2.19.